The first kappa shape index (κ1) is 20.1. The van der Waals surface area contributed by atoms with Crippen molar-refractivity contribution in [3.8, 4) is 17.2 Å². The fraction of sp³-hybridized carbons (Fsp3) is 0.300. The molecule has 0 bridgehead atoms. The molecule has 0 aliphatic rings. The summed E-state index contributed by atoms with van der Waals surface area (Å²) in [6, 6.07) is 8.07. The Morgan fingerprint density at radius 1 is 0.963 bits per heavy atom. The SMILES string of the molecule is COc1cc(C(=O)O)ccc1CCNC(=O)c1cc(OC)c(OC)cc1C. The zero-order valence-electron chi connectivity index (χ0n) is 15.8. The van der Waals surface area contributed by atoms with Crippen LogP contribution in [0, 0.1) is 6.92 Å². The van der Waals surface area contributed by atoms with Crippen molar-refractivity contribution in [3.05, 3.63) is 52.6 Å². The molecule has 0 saturated heterocycles. The largest absolute Gasteiger partial charge is 0.496 e. The van der Waals surface area contributed by atoms with E-state index >= 15 is 0 Å². The first-order valence-corrected chi connectivity index (χ1v) is 8.32. The molecule has 0 aromatic heterocycles. The van der Waals surface area contributed by atoms with Crippen LogP contribution < -0.4 is 19.5 Å². The van der Waals surface area contributed by atoms with Gasteiger partial charge < -0.3 is 24.6 Å². The van der Waals surface area contributed by atoms with Crippen LogP contribution >= 0.6 is 0 Å². The Bertz CT molecular complexity index is 847. The molecule has 0 aliphatic heterocycles. The molecule has 0 aliphatic carbocycles. The van der Waals surface area contributed by atoms with Gasteiger partial charge in [-0.3, -0.25) is 4.79 Å². The number of hydrogen-bond donors (Lipinski definition) is 2. The Hall–Kier alpha value is -3.22. The molecule has 0 fully saturated rings. The minimum Gasteiger partial charge on any atom is -0.496 e. The van der Waals surface area contributed by atoms with Crippen molar-refractivity contribution in [2.24, 2.45) is 0 Å². The zero-order chi connectivity index (χ0) is 20.0. The summed E-state index contributed by atoms with van der Waals surface area (Å²) in [5.41, 5.74) is 2.24. The van der Waals surface area contributed by atoms with Gasteiger partial charge in [-0.1, -0.05) is 6.07 Å². The van der Waals surface area contributed by atoms with Gasteiger partial charge in [-0.2, -0.15) is 0 Å². The van der Waals surface area contributed by atoms with E-state index in [0.29, 0.717) is 35.8 Å². The standard InChI is InChI=1S/C20H23NO6/c1-12-9-17(26-3)18(27-4)11-15(12)19(22)21-8-7-13-5-6-14(20(23)24)10-16(13)25-2/h5-6,9-11H,7-8H2,1-4H3,(H,21,22)(H,23,24). The smallest absolute Gasteiger partial charge is 0.335 e. The lowest BCUT2D eigenvalue weighted by molar-refractivity contribution is 0.0696. The number of ether oxygens (including phenoxy) is 3. The molecule has 0 heterocycles. The van der Waals surface area contributed by atoms with Crippen LogP contribution in [0.3, 0.4) is 0 Å². The highest BCUT2D eigenvalue weighted by atomic mass is 16.5. The van der Waals surface area contributed by atoms with Gasteiger partial charge in [0.15, 0.2) is 11.5 Å². The third-order valence-electron chi connectivity index (χ3n) is 4.19. The van der Waals surface area contributed by atoms with E-state index in [1.807, 2.05) is 6.92 Å². The van der Waals surface area contributed by atoms with Crippen molar-refractivity contribution >= 4 is 11.9 Å². The van der Waals surface area contributed by atoms with Crippen LogP contribution in [0.15, 0.2) is 30.3 Å². The maximum absolute atomic E-state index is 12.5. The third kappa shape index (κ3) is 4.69. The summed E-state index contributed by atoms with van der Waals surface area (Å²) in [6.45, 7) is 2.19. The first-order valence-electron chi connectivity index (χ1n) is 8.32. The average Bonchev–Trinajstić information content (AvgIpc) is 2.67. The van der Waals surface area contributed by atoms with Crippen LogP contribution in [0.25, 0.3) is 0 Å². The van der Waals surface area contributed by atoms with Crippen molar-refractivity contribution in [1.82, 2.24) is 5.32 Å². The van der Waals surface area contributed by atoms with Gasteiger partial charge in [-0.15, -0.1) is 0 Å². The second-order valence-electron chi connectivity index (χ2n) is 5.86. The van der Waals surface area contributed by atoms with Gasteiger partial charge in [0, 0.05) is 12.1 Å². The molecule has 0 saturated carbocycles. The maximum Gasteiger partial charge on any atom is 0.335 e. The Kier molecular flexibility index (Phi) is 6.65. The molecule has 2 aromatic rings. The summed E-state index contributed by atoms with van der Waals surface area (Å²) < 4.78 is 15.7. The highest BCUT2D eigenvalue weighted by Crippen LogP contribution is 2.30. The summed E-state index contributed by atoms with van der Waals surface area (Å²) in [7, 11) is 4.54. The van der Waals surface area contributed by atoms with Crippen LogP contribution in [0.2, 0.25) is 0 Å². The van der Waals surface area contributed by atoms with E-state index in [0.717, 1.165) is 11.1 Å². The van der Waals surface area contributed by atoms with E-state index < -0.39 is 5.97 Å². The fourth-order valence-electron chi connectivity index (χ4n) is 2.72. The molecule has 7 heteroatoms. The Balaban J connectivity index is 2.07. The van der Waals surface area contributed by atoms with Crippen LogP contribution in [0.4, 0.5) is 0 Å². The third-order valence-corrected chi connectivity index (χ3v) is 4.19. The molecular formula is C20H23NO6. The molecule has 1 amide bonds. The van der Waals surface area contributed by atoms with E-state index in [1.165, 1.54) is 26.4 Å². The lowest BCUT2D eigenvalue weighted by Gasteiger charge is -2.13. The van der Waals surface area contributed by atoms with Crippen molar-refractivity contribution in [2.45, 2.75) is 13.3 Å². The maximum atomic E-state index is 12.5. The Morgan fingerprint density at radius 3 is 2.19 bits per heavy atom. The molecule has 2 rings (SSSR count). The van der Waals surface area contributed by atoms with Gasteiger partial charge in [0.25, 0.3) is 5.91 Å². The summed E-state index contributed by atoms with van der Waals surface area (Å²) in [5.74, 6) is 0.284. The number of carbonyl (C=O) groups is 2. The molecular weight excluding hydrogens is 350 g/mol. The second kappa shape index (κ2) is 8.93. The molecule has 0 unspecified atom stereocenters. The van der Waals surface area contributed by atoms with E-state index in [1.54, 1.807) is 25.3 Å². The molecule has 7 nitrogen and oxygen atoms in total. The predicted molar refractivity (Wildman–Crippen MR) is 100 cm³/mol. The zero-order valence-corrected chi connectivity index (χ0v) is 15.8. The summed E-state index contributed by atoms with van der Waals surface area (Å²) in [5, 5.41) is 11.9. The highest BCUT2D eigenvalue weighted by Gasteiger charge is 2.15. The van der Waals surface area contributed by atoms with Crippen LogP contribution in [0.5, 0.6) is 17.2 Å². The summed E-state index contributed by atoms with van der Waals surface area (Å²) in [6.07, 6.45) is 0.501. The minimum atomic E-state index is -1.02. The Labute approximate surface area is 157 Å². The number of benzene rings is 2. The molecule has 0 spiro atoms. The van der Waals surface area contributed by atoms with Gasteiger partial charge in [-0.05, 0) is 48.7 Å². The number of carbonyl (C=O) groups excluding carboxylic acids is 1. The number of aryl methyl sites for hydroxylation is 1. The number of amides is 1. The van der Waals surface area contributed by atoms with E-state index in [2.05, 4.69) is 5.32 Å². The number of hydrogen-bond acceptors (Lipinski definition) is 5. The van der Waals surface area contributed by atoms with Crippen molar-refractivity contribution in [2.75, 3.05) is 27.9 Å². The number of aromatic carboxylic acids is 1. The minimum absolute atomic E-state index is 0.153. The fourth-order valence-corrected chi connectivity index (χ4v) is 2.72. The number of rotatable bonds is 8. The van der Waals surface area contributed by atoms with E-state index in [9.17, 15) is 9.59 Å². The number of carboxylic acids is 1. The average molecular weight is 373 g/mol. The number of nitrogens with one attached hydrogen (secondary N) is 1. The lowest BCUT2D eigenvalue weighted by atomic mass is 10.1. The first-order chi connectivity index (χ1) is 12.9. The highest BCUT2D eigenvalue weighted by molar-refractivity contribution is 5.96. The predicted octanol–water partition coefficient (Wildman–Crippen LogP) is 2.69. The lowest BCUT2D eigenvalue weighted by Crippen LogP contribution is -2.26. The quantitative estimate of drug-likeness (QED) is 0.739. The van der Waals surface area contributed by atoms with Gasteiger partial charge >= 0.3 is 5.97 Å². The summed E-state index contributed by atoms with van der Waals surface area (Å²) >= 11 is 0. The van der Waals surface area contributed by atoms with Crippen LogP contribution in [-0.2, 0) is 6.42 Å². The van der Waals surface area contributed by atoms with Crippen molar-refractivity contribution in [3.63, 3.8) is 0 Å². The topological polar surface area (TPSA) is 94.1 Å². The van der Waals surface area contributed by atoms with Gasteiger partial charge in [-0.25, -0.2) is 4.79 Å². The number of carboxylic acid groups (broad SMARTS) is 1. The van der Waals surface area contributed by atoms with Crippen molar-refractivity contribution in [1.29, 1.82) is 0 Å². The van der Waals surface area contributed by atoms with Crippen LogP contribution in [0.1, 0.15) is 31.8 Å². The molecule has 2 N–H and O–H groups in total. The van der Waals surface area contributed by atoms with Gasteiger partial charge in [0.1, 0.15) is 5.75 Å². The monoisotopic (exact) mass is 373 g/mol. The van der Waals surface area contributed by atoms with E-state index in [-0.39, 0.29) is 11.5 Å². The second-order valence-corrected chi connectivity index (χ2v) is 5.86. The van der Waals surface area contributed by atoms with Crippen LogP contribution in [-0.4, -0.2) is 44.9 Å². The summed E-state index contributed by atoms with van der Waals surface area (Å²) in [4.78, 5) is 23.5. The number of methoxy groups -OCH3 is 3. The molecule has 0 atom stereocenters. The van der Waals surface area contributed by atoms with Crippen molar-refractivity contribution < 1.29 is 28.9 Å². The van der Waals surface area contributed by atoms with Gasteiger partial charge in [0.05, 0.1) is 26.9 Å². The van der Waals surface area contributed by atoms with Gasteiger partial charge in [0.2, 0.25) is 0 Å². The molecule has 27 heavy (non-hydrogen) atoms. The molecule has 144 valence electrons. The Morgan fingerprint density at radius 2 is 1.59 bits per heavy atom. The van der Waals surface area contributed by atoms with E-state index in [4.69, 9.17) is 19.3 Å². The molecule has 2 aromatic carbocycles. The normalized spacial score (nSPS) is 10.2. The molecule has 0 radical (unpaired) electrons.